The molecule has 98 valence electrons. The zero-order valence-corrected chi connectivity index (χ0v) is 10.3. The molecule has 1 aliphatic heterocycles. The third kappa shape index (κ3) is 2.44. The van der Waals surface area contributed by atoms with Crippen molar-refractivity contribution in [3.8, 4) is 0 Å². The minimum absolute atomic E-state index is 0.0747. The Morgan fingerprint density at radius 1 is 1.61 bits per heavy atom. The van der Waals surface area contributed by atoms with E-state index in [-0.39, 0.29) is 17.6 Å². The van der Waals surface area contributed by atoms with Crippen LogP contribution in [0.3, 0.4) is 0 Å². The summed E-state index contributed by atoms with van der Waals surface area (Å²) in [5.41, 5.74) is 6.25. The fraction of sp³-hybridized carbons (Fsp3) is 0.545. The Morgan fingerprint density at radius 2 is 2.39 bits per heavy atom. The normalized spacial score (nSPS) is 19.6. The summed E-state index contributed by atoms with van der Waals surface area (Å²) >= 11 is 0. The number of carbonyl (C=O) groups excluding carboxylic acids is 2. The lowest BCUT2D eigenvalue weighted by molar-refractivity contribution is 0.0995. The number of nitrogens with zero attached hydrogens (tertiary/aromatic N) is 2. The Labute approximate surface area is 105 Å². The standard InChI is InChI=1S/C11H17N5O2/c1-13-11(18)16-4-2-3-7(6-16)8-5-9(10(12)17)15-14-8/h5,7H,2-4,6H2,1H3,(H2,12,17)(H,13,18)(H,14,15)/t7-/m0/s1. The molecule has 0 aliphatic carbocycles. The van der Waals surface area contributed by atoms with E-state index >= 15 is 0 Å². The van der Waals surface area contributed by atoms with E-state index in [2.05, 4.69) is 15.5 Å². The molecule has 0 unspecified atom stereocenters. The van der Waals surface area contributed by atoms with E-state index in [1.807, 2.05) is 0 Å². The molecular formula is C11H17N5O2. The van der Waals surface area contributed by atoms with Crippen molar-refractivity contribution in [1.82, 2.24) is 20.4 Å². The zero-order valence-electron chi connectivity index (χ0n) is 10.3. The summed E-state index contributed by atoms with van der Waals surface area (Å²) in [6.07, 6.45) is 1.90. The average Bonchev–Trinajstić information content (AvgIpc) is 2.88. The van der Waals surface area contributed by atoms with Gasteiger partial charge in [-0.05, 0) is 18.9 Å². The lowest BCUT2D eigenvalue weighted by atomic mass is 9.95. The molecule has 7 nitrogen and oxygen atoms in total. The van der Waals surface area contributed by atoms with Gasteiger partial charge in [0.05, 0.1) is 0 Å². The molecule has 7 heteroatoms. The first-order chi connectivity index (χ1) is 8.61. The molecule has 1 aromatic rings. The number of H-pyrrole nitrogens is 1. The Balaban J connectivity index is 2.08. The summed E-state index contributed by atoms with van der Waals surface area (Å²) in [6, 6.07) is 1.59. The van der Waals surface area contributed by atoms with Crippen molar-refractivity contribution in [1.29, 1.82) is 0 Å². The molecule has 2 heterocycles. The van der Waals surface area contributed by atoms with Crippen LogP contribution in [0.1, 0.15) is 34.9 Å². The quantitative estimate of drug-likeness (QED) is 0.690. The van der Waals surface area contributed by atoms with E-state index in [0.717, 1.165) is 25.1 Å². The Bertz CT molecular complexity index is 456. The molecule has 1 aromatic heterocycles. The van der Waals surface area contributed by atoms with Gasteiger partial charge in [-0.1, -0.05) is 0 Å². The van der Waals surface area contributed by atoms with Gasteiger partial charge < -0.3 is 16.0 Å². The van der Waals surface area contributed by atoms with Crippen LogP contribution in [0.2, 0.25) is 0 Å². The van der Waals surface area contributed by atoms with Gasteiger partial charge in [-0.3, -0.25) is 9.89 Å². The molecule has 2 rings (SSSR count). The summed E-state index contributed by atoms with van der Waals surface area (Å²) in [5, 5.41) is 9.30. The van der Waals surface area contributed by atoms with Crippen LogP contribution < -0.4 is 11.1 Å². The van der Waals surface area contributed by atoms with Crippen molar-refractivity contribution in [2.45, 2.75) is 18.8 Å². The highest BCUT2D eigenvalue weighted by Gasteiger charge is 2.25. The number of rotatable bonds is 2. The van der Waals surface area contributed by atoms with Crippen LogP contribution in [0.15, 0.2) is 6.07 Å². The third-order valence-corrected chi connectivity index (χ3v) is 3.21. The van der Waals surface area contributed by atoms with Crippen LogP contribution >= 0.6 is 0 Å². The van der Waals surface area contributed by atoms with Crippen LogP contribution in [0.25, 0.3) is 0 Å². The summed E-state index contributed by atoms with van der Waals surface area (Å²) < 4.78 is 0. The maximum absolute atomic E-state index is 11.6. The molecule has 18 heavy (non-hydrogen) atoms. The third-order valence-electron chi connectivity index (χ3n) is 3.21. The van der Waals surface area contributed by atoms with Crippen LogP contribution in [0, 0.1) is 0 Å². The van der Waals surface area contributed by atoms with E-state index in [1.54, 1.807) is 18.0 Å². The van der Waals surface area contributed by atoms with Crippen LogP contribution in [0.4, 0.5) is 4.79 Å². The van der Waals surface area contributed by atoms with Gasteiger partial charge in [-0.2, -0.15) is 5.10 Å². The predicted molar refractivity (Wildman–Crippen MR) is 65.1 cm³/mol. The zero-order chi connectivity index (χ0) is 13.1. The lowest BCUT2D eigenvalue weighted by Crippen LogP contribution is -2.43. The summed E-state index contributed by atoms with van der Waals surface area (Å²) in [5.74, 6) is -0.367. The second-order valence-electron chi connectivity index (χ2n) is 4.41. The van der Waals surface area contributed by atoms with Gasteiger partial charge in [0, 0.05) is 31.7 Å². The number of nitrogens with two attached hydrogens (primary N) is 1. The Morgan fingerprint density at radius 3 is 3.00 bits per heavy atom. The van der Waals surface area contributed by atoms with Gasteiger partial charge in [0.25, 0.3) is 5.91 Å². The number of aromatic nitrogens is 2. The SMILES string of the molecule is CNC(=O)N1CCC[C@H](c2cc(C(N)=O)n[nH]2)C1. The number of aromatic amines is 1. The number of piperidine rings is 1. The summed E-state index contributed by atoms with van der Waals surface area (Å²) in [4.78, 5) is 24.3. The fourth-order valence-electron chi connectivity index (χ4n) is 2.25. The van der Waals surface area contributed by atoms with E-state index in [0.29, 0.717) is 6.54 Å². The van der Waals surface area contributed by atoms with Gasteiger partial charge in [-0.25, -0.2) is 4.79 Å². The van der Waals surface area contributed by atoms with Crippen LogP contribution in [-0.4, -0.2) is 47.2 Å². The molecule has 4 N–H and O–H groups in total. The molecule has 1 saturated heterocycles. The molecule has 3 amide bonds. The van der Waals surface area contributed by atoms with Crippen LogP contribution in [0.5, 0.6) is 0 Å². The van der Waals surface area contributed by atoms with Crippen molar-refractivity contribution in [3.63, 3.8) is 0 Å². The van der Waals surface area contributed by atoms with Gasteiger partial charge in [0.1, 0.15) is 5.69 Å². The predicted octanol–water partition coefficient (Wildman–Crippen LogP) is 0.0274. The number of amides is 3. The first-order valence-corrected chi connectivity index (χ1v) is 5.93. The lowest BCUT2D eigenvalue weighted by Gasteiger charge is -2.31. The Hall–Kier alpha value is -2.05. The van der Waals surface area contributed by atoms with E-state index < -0.39 is 5.91 Å². The van der Waals surface area contributed by atoms with Crippen molar-refractivity contribution in [3.05, 3.63) is 17.5 Å². The molecule has 0 spiro atoms. The number of urea groups is 1. The second-order valence-corrected chi connectivity index (χ2v) is 4.41. The molecule has 1 aliphatic rings. The van der Waals surface area contributed by atoms with Gasteiger partial charge in [0.15, 0.2) is 0 Å². The first-order valence-electron chi connectivity index (χ1n) is 5.93. The molecule has 0 bridgehead atoms. The van der Waals surface area contributed by atoms with Crippen LogP contribution in [-0.2, 0) is 0 Å². The summed E-state index contributed by atoms with van der Waals surface area (Å²) in [6.45, 7) is 1.38. The number of primary amides is 1. The molecule has 1 atom stereocenters. The molecule has 0 radical (unpaired) electrons. The largest absolute Gasteiger partial charge is 0.364 e. The van der Waals surface area contributed by atoms with Gasteiger partial charge >= 0.3 is 6.03 Å². The number of carbonyl (C=O) groups is 2. The second kappa shape index (κ2) is 5.07. The van der Waals surface area contributed by atoms with E-state index in [4.69, 9.17) is 5.73 Å². The Kier molecular flexibility index (Phi) is 3.50. The highest BCUT2D eigenvalue weighted by atomic mass is 16.2. The van der Waals surface area contributed by atoms with Crippen molar-refractivity contribution < 1.29 is 9.59 Å². The fourth-order valence-corrected chi connectivity index (χ4v) is 2.25. The monoisotopic (exact) mass is 251 g/mol. The molecule has 0 saturated carbocycles. The maximum atomic E-state index is 11.6. The number of nitrogens with one attached hydrogen (secondary N) is 2. The van der Waals surface area contributed by atoms with E-state index in [9.17, 15) is 9.59 Å². The maximum Gasteiger partial charge on any atom is 0.317 e. The topological polar surface area (TPSA) is 104 Å². The van der Waals surface area contributed by atoms with Gasteiger partial charge in [0.2, 0.25) is 0 Å². The smallest absolute Gasteiger partial charge is 0.317 e. The summed E-state index contributed by atoms with van der Waals surface area (Å²) in [7, 11) is 1.62. The number of likely N-dealkylation sites (tertiary alicyclic amines) is 1. The molecule has 1 fully saturated rings. The minimum Gasteiger partial charge on any atom is -0.364 e. The van der Waals surface area contributed by atoms with E-state index in [1.165, 1.54) is 0 Å². The van der Waals surface area contributed by atoms with Crippen molar-refractivity contribution in [2.24, 2.45) is 5.73 Å². The first kappa shape index (κ1) is 12.4. The molecular weight excluding hydrogens is 234 g/mol. The number of hydrogen-bond acceptors (Lipinski definition) is 3. The highest BCUT2D eigenvalue weighted by Crippen LogP contribution is 2.25. The molecule has 0 aromatic carbocycles. The average molecular weight is 251 g/mol. The van der Waals surface area contributed by atoms with Crippen molar-refractivity contribution >= 4 is 11.9 Å². The van der Waals surface area contributed by atoms with Crippen molar-refractivity contribution in [2.75, 3.05) is 20.1 Å². The minimum atomic E-state index is -0.545. The van der Waals surface area contributed by atoms with Gasteiger partial charge in [-0.15, -0.1) is 0 Å². The highest BCUT2D eigenvalue weighted by molar-refractivity contribution is 5.90. The number of hydrogen-bond donors (Lipinski definition) is 3.